The van der Waals surface area contributed by atoms with Crippen molar-refractivity contribution in [3.63, 3.8) is 0 Å². The second kappa shape index (κ2) is 8.73. The van der Waals surface area contributed by atoms with Crippen molar-refractivity contribution >= 4 is 39.1 Å². The molecule has 0 bridgehead atoms. The van der Waals surface area contributed by atoms with Crippen LogP contribution in [-0.4, -0.2) is 32.0 Å². The van der Waals surface area contributed by atoms with Gasteiger partial charge in [0.1, 0.15) is 5.82 Å². The quantitative estimate of drug-likeness (QED) is 0.684. The molecule has 0 heterocycles. The fourth-order valence-corrected chi connectivity index (χ4v) is 2.56. The first-order valence-electron chi connectivity index (χ1n) is 7.76. The highest BCUT2D eigenvalue weighted by atomic mass is 79.9. The van der Waals surface area contributed by atoms with Gasteiger partial charge in [0.25, 0.3) is 11.8 Å². The number of aryl methyl sites for hydroxylation is 1. The molecular formula is C18H20BrFN3O2+. The molecule has 2 aromatic carbocycles. The van der Waals surface area contributed by atoms with Gasteiger partial charge in [0.15, 0.2) is 13.1 Å². The zero-order chi connectivity index (χ0) is 18.4. The van der Waals surface area contributed by atoms with Crippen LogP contribution in [0, 0.1) is 12.7 Å². The number of carbonyl (C=O) groups excluding carboxylic acids is 2. The van der Waals surface area contributed by atoms with E-state index in [0.717, 1.165) is 14.9 Å². The summed E-state index contributed by atoms with van der Waals surface area (Å²) >= 11 is 3.41. The minimum absolute atomic E-state index is 0.100. The van der Waals surface area contributed by atoms with E-state index >= 15 is 0 Å². The summed E-state index contributed by atoms with van der Waals surface area (Å²) in [4.78, 5) is 24.8. The van der Waals surface area contributed by atoms with Crippen LogP contribution < -0.4 is 15.5 Å². The van der Waals surface area contributed by atoms with Crippen LogP contribution in [0.3, 0.4) is 0 Å². The van der Waals surface area contributed by atoms with Crippen LogP contribution in [0.15, 0.2) is 46.9 Å². The number of halogens is 2. The summed E-state index contributed by atoms with van der Waals surface area (Å²) in [6.07, 6.45) is 0. The van der Waals surface area contributed by atoms with Crippen LogP contribution in [0.25, 0.3) is 0 Å². The smallest absolute Gasteiger partial charge is 0.279 e. The fraction of sp³-hybridized carbons (Fsp3) is 0.222. The standard InChI is InChI=1S/C18H19BrFN3O2/c1-12-8-15(6-7-16(12)19)22-18(25)11-23(2)10-17(24)21-14-5-3-4-13(20)9-14/h3-9H,10-11H2,1-2H3,(H,21,24)(H,22,25)/p+1. The number of nitrogens with one attached hydrogen (secondary N) is 3. The molecule has 25 heavy (non-hydrogen) atoms. The zero-order valence-corrected chi connectivity index (χ0v) is 15.6. The first-order chi connectivity index (χ1) is 11.8. The van der Waals surface area contributed by atoms with Gasteiger partial charge < -0.3 is 15.5 Å². The van der Waals surface area contributed by atoms with Crippen molar-refractivity contribution in [2.24, 2.45) is 0 Å². The van der Waals surface area contributed by atoms with Crippen LogP contribution in [0.2, 0.25) is 0 Å². The van der Waals surface area contributed by atoms with Gasteiger partial charge in [-0.05, 0) is 48.9 Å². The van der Waals surface area contributed by atoms with Gasteiger partial charge in [0.05, 0.1) is 7.05 Å². The normalized spacial score (nSPS) is 11.7. The summed E-state index contributed by atoms with van der Waals surface area (Å²) in [5, 5.41) is 5.42. The summed E-state index contributed by atoms with van der Waals surface area (Å²) < 4.78 is 14.1. The molecule has 0 spiro atoms. The van der Waals surface area contributed by atoms with Gasteiger partial charge in [-0.15, -0.1) is 0 Å². The Morgan fingerprint density at radius 1 is 1.04 bits per heavy atom. The van der Waals surface area contributed by atoms with Crippen molar-refractivity contribution in [1.82, 2.24) is 0 Å². The summed E-state index contributed by atoms with van der Waals surface area (Å²) in [6.45, 7) is 2.18. The first kappa shape index (κ1) is 19.1. The second-order valence-corrected chi connectivity index (χ2v) is 6.74. The third-order valence-electron chi connectivity index (χ3n) is 3.47. The molecule has 0 aliphatic rings. The highest BCUT2D eigenvalue weighted by Gasteiger charge is 2.15. The van der Waals surface area contributed by atoms with Crippen molar-refractivity contribution < 1.29 is 18.9 Å². The molecule has 2 amide bonds. The van der Waals surface area contributed by atoms with E-state index in [1.165, 1.54) is 18.2 Å². The number of hydrogen-bond acceptors (Lipinski definition) is 2. The zero-order valence-electron chi connectivity index (χ0n) is 14.0. The second-order valence-electron chi connectivity index (χ2n) is 5.88. The Hall–Kier alpha value is -2.25. The molecule has 0 saturated carbocycles. The van der Waals surface area contributed by atoms with Gasteiger partial charge in [-0.2, -0.15) is 0 Å². The summed E-state index contributed by atoms with van der Waals surface area (Å²) in [5.74, 6) is -0.879. The number of anilines is 2. The Kier molecular flexibility index (Phi) is 6.66. The van der Waals surface area contributed by atoms with E-state index in [4.69, 9.17) is 0 Å². The lowest BCUT2D eigenvalue weighted by Crippen LogP contribution is -3.11. The lowest BCUT2D eigenvalue weighted by atomic mass is 10.2. The largest absolute Gasteiger partial charge is 0.322 e. The maximum absolute atomic E-state index is 13.1. The van der Waals surface area contributed by atoms with Crippen LogP contribution in [0.4, 0.5) is 15.8 Å². The van der Waals surface area contributed by atoms with E-state index < -0.39 is 5.82 Å². The molecule has 1 atom stereocenters. The van der Waals surface area contributed by atoms with Gasteiger partial charge in [-0.3, -0.25) is 9.59 Å². The predicted molar refractivity (Wildman–Crippen MR) is 99.2 cm³/mol. The van der Waals surface area contributed by atoms with E-state index in [9.17, 15) is 14.0 Å². The minimum Gasteiger partial charge on any atom is -0.322 e. The summed E-state index contributed by atoms with van der Waals surface area (Å²) in [7, 11) is 1.75. The van der Waals surface area contributed by atoms with Gasteiger partial charge in [-0.1, -0.05) is 22.0 Å². The molecule has 0 fully saturated rings. The molecule has 1 unspecified atom stereocenters. The Morgan fingerprint density at radius 2 is 1.64 bits per heavy atom. The summed E-state index contributed by atoms with van der Waals surface area (Å²) in [5.41, 5.74) is 2.13. The third kappa shape index (κ3) is 6.28. The number of quaternary nitrogens is 1. The van der Waals surface area contributed by atoms with E-state index in [2.05, 4.69) is 26.6 Å². The summed E-state index contributed by atoms with van der Waals surface area (Å²) in [6, 6.07) is 11.2. The molecular weight excluding hydrogens is 389 g/mol. The topological polar surface area (TPSA) is 62.6 Å². The Bertz CT molecular complexity index is 783. The minimum atomic E-state index is -0.414. The van der Waals surface area contributed by atoms with Gasteiger partial charge in [0.2, 0.25) is 0 Å². The van der Waals surface area contributed by atoms with Crippen LogP contribution in [-0.2, 0) is 9.59 Å². The molecule has 7 heteroatoms. The molecule has 0 aromatic heterocycles. The van der Waals surface area contributed by atoms with Crippen molar-refractivity contribution in [2.75, 3.05) is 30.8 Å². The van der Waals surface area contributed by atoms with E-state index in [1.54, 1.807) is 19.2 Å². The number of carbonyl (C=O) groups is 2. The van der Waals surface area contributed by atoms with Crippen LogP contribution >= 0.6 is 15.9 Å². The van der Waals surface area contributed by atoms with Gasteiger partial charge >= 0.3 is 0 Å². The third-order valence-corrected chi connectivity index (χ3v) is 4.36. The van der Waals surface area contributed by atoms with Gasteiger partial charge in [-0.25, -0.2) is 4.39 Å². The molecule has 0 aliphatic carbocycles. The molecule has 3 N–H and O–H groups in total. The first-order valence-corrected chi connectivity index (χ1v) is 8.55. The number of benzene rings is 2. The SMILES string of the molecule is Cc1cc(NC(=O)C[NH+](C)CC(=O)Nc2cccc(F)c2)ccc1Br. The lowest BCUT2D eigenvalue weighted by Gasteiger charge is -2.14. The number of hydrogen-bond donors (Lipinski definition) is 3. The van der Waals surface area contributed by atoms with Crippen molar-refractivity contribution in [3.05, 3.63) is 58.3 Å². The molecule has 0 radical (unpaired) electrons. The van der Waals surface area contributed by atoms with E-state index in [1.807, 2.05) is 19.1 Å². The molecule has 5 nitrogen and oxygen atoms in total. The molecule has 132 valence electrons. The number of rotatable bonds is 6. The van der Waals surface area contributed by atoms with Crippen molar-refractivity contribution in [3.8, 4) is 0 Å². The highest BCUT2D eigenvalue weighted by Crippen LogP contribution is 2.19. The van der Waals surface area contributed by atoms with Crippen LogP contribution in [0.5, 0.6) is 0 Å². The van der Waals surface area contributed by atoms with Crippen molar-refractivity contribution in [1.29, 1.82) is 0 Å². The van der Waals surface area contributed by atoms with E-state index in [-0.39, 0.29) is 24.9 Å². The Balaban J connectivity index is 1.82. The van der Waals surface area contributed by atoms with Gasteiger partial charge in [0, 0.05) is 15.8 Å². The monoisotopic (exact) mass is 408 g/mol. The maximum Gasteiger partial charge on any atom is 0.279 e. The van der Waals surface area contributed by atoms with Crippen LogP contribution in [0.1, 0.15) is 5.56 Å². The maximum atomic E-state index is 13.1. The molecule has 0 aliphatic heterocycles. The molecule has 2 aromatic rings. The Morgan fingerprint density at radius 3 is 2.20 bits per heavy atom. The number of amides is 2. The predicted octanol–water partition coefficient (Wildman–Crippen LogP) is 1.99. The highest BCUT2D eigenvalue weighted by molar-refractivity contribution is 9.10. The molecule has 2 rings (SSSR count). The lowest BCUT2D eigenvalue weighted by molar-refractivity contribution is -0.862. The van der Waals surface area contributed by atoms with Crippen molar-refractivity contribution in [2.45, 2.75) is 6.92 Å². The van der Waals surface area contributed by atoms with E-state index in [0.29, 0.717) is 11.4 Å². The Labute approximate surface area is 154 Å². The average molecular weight is 409 g/mol. The molecule has 0 saturated heterocycles. The average Bonchev–Trinajstić information content (AvgIpc) is 2.50. The fourth-order valence-electron chi connectivity index (χ4n) is 2.31. The number of likely N-dealkylation sites (N-methyl/N-ethyl adjacent to an activating group) is 1.